The maximum absolute atomic E-state index is 13.6. The summed E-state index contributed by atoms with van der Waals surface area (Å²) in [7, 11) is 0. The zero-order chi connectivity index (χ0) is 19.3. The smallest absolute Gasteiger partial charge is 0.341 e. The van der Waals surface area contributed by atoms with Gasteiger partial charge in [0.05, 0.1) is 29.5 Å². The molecule has 1 atom stereocenters. The molecule has 7 nitrogen and oxygen atoms in total. The van der Waals surface area contributed by atoms with Crippen LogP contribution in [0, 0.1) is 11.6 Å². The first-order valence-corrected chi connectivity index (χ1v) is 7.97. The van der Waals surface area contributed by atoms with Gasteiger partial charge in [0.1, 0.15) is 18.2 Å². The van der Waals surface area contributed by atoms with E-state index < -0.39 is 47.8 Å². The zero-order valence-corrected chi connectivity index (χ0v) is 14.2. The van der Waals surface area contributed by atoms with Crippen LogP contribution in [0.1, 0.15) is 30.6 Å². The highest BCUT2D eigenvalue weighted by Gasteiger charge is 2.32. The number of carbonyl (C=O) groups is 3. The van der Waals surface area contributed by atoms with Crippen LogP contribution in [-0.4, -0.2) is 37.2 Å². The summed E-state index contributed by atoms with van der Waals surface area (Å²) < 4.78 is 36.5. The van der Waals surface area contributed by atoms with Gasteiger partial charge < -0.3 is 20.1 Å². The van der Waals surface area contributed by atoms with Gasteiger partial charge in [0.25, 0.3) is 0 Å². The second-order valence-corrected chi connectivity index (χ2v) is 5.37. The van der Waals surface area contributed by atoms with Crippen molar-refractivity contribution >= 4 is 18.0 Å². The average molecular weight is 368 g/mol. The van der Waals surface area contributed by atoms with Gasteiger partial charge in [0.2, 0.25) is 0 Å². The summed E-state index contributed by atoms with van der Waals surface area (Å²) in [6.07, 6.45) is 0.408. The van der Waals surface area contributed by atoms with E-state index in [9.17, 15) is 23.2 Å². The Labute approximate surface area is 148 Å². The molecule has 26 heavy (non-hydrogen) atoms. The van der Waals surface area contributed by atoms with E-state index in [-0.39, 0.29) is 17.9 Å². The molecule has 0 aliphatic carbocycles. The Morgan fingerprint density at radius 1 is 1.15 bits per heavy atom. The van der Waals surface area contributed by atoms with Crippen molar-refractivity contribution in [2.24, 2.45) is 0 Å². The third kappa shape index (κ3) is 4.35. The quantitative estimate of drug-likeness (QED) is 0.750. The molecule has 2 amide bonds. The molecule has 1 aromatic rings. The number of rotatable bonds is 6. The van der Waals surface area contributed by atoms with E-state index in [4.69, 9.17) is 9.47 Å². The lowest BCUT2D eigenvalue weighted by atomic mass is 10.0. The molecular weight excluding hydrogens is 350 g/mol. The molecule has 0 aromatic heterocycles. The van der Waals surface area contributed by atoms with Crippen molar-refractivity contribution in [2.45, 2.75) is 26.3 Å². The first-order chi connectivity index (χ1) is 12.4. The molecule has 140 valence electrons. The van der Waals surface area contributed by atoms with Gasteiger partial charge in [-0.1, -0.05) is 6.92 Å². The van der Waals surface area contributed by atoms with Crippen LogP contribution in [0.2, 0.25) is 0 Å². The molecule has 2 rings (SSSR count). The third-order valence-electron chi connectivity index (χ3n) is 3.65. The van der Waals surface area contributed by atoms with Crippen LogP contribution in [0.4, 0.5) is 13.6 Å². The van der Waals surface area contributed by atoms with E-state index >= 15 is 0 Å². The van der Waals surface area contributed by atoms with E-state index in [1.807, 2.05) is 0 Å². The lowest BCUT2D eigenvalue weighted by molar-refractivity contribution is -0.139. The summed E-state index contributed by atoms with van der Waals surface area (Å²) in [6.45, 7) is 3.03. The molecule has 1 aromatic carbocycles. The lowest BCUT2D eigenvalue weighted by Gasteiger charge is -2.28. The molecule has 9 heteroatoms. The number of hydrogen-bond donors (Lipinski definition) is 2. The van der Waals surface area contributed by atoms with Gasteiger partial charge in [-0.15, -0.1) is 0 Å². The summed E-state index contributed by atoms with van der Waals surface area (Å²) in [5, 5.41) is 4.97. The minimum absolute atomic E-state index is 0.0509. The SMILES string of the molecule is CCOC(=O)C1=C(COC(=O)c2ccc(F)cc2F)NC(=O)N[C@@H]1CC. The molecular formula is C17H18F2N2O5. The van der Waals surface area contributed by atoms with Gasteiger partial charge in [-0.25, -0.2) is 23.2 Å². The van der Waals surface area contributed by atoms with Gasteiger partial charge in [0, 0.05) is 6.07 Å². The summed E-state index contributed by atoms with van der Waals surface area (Å²) in [4.78, 5) is 35.9. The van der Waals surface area contributed by atoms with Crippen LogP contribution in [0.3, 0.4) is 0 Å². The first kappa shape index (κ1) is 19.4. The predicted molar refractivity (Wildman–Crippen MR) is 86.0 cm³/mol. The number of carbonyl (C=O) groups excluding carboxylic acids is 3. The molecule has 0 fully saturated rings. The maximum Gasteiger partial charge on any atom is 0.341 e. The summed E-state index contributed by atoms with van der Waals surface area (Å²) in [5.41, 5.74) is -0.284. The fourth-order valence-corrected chi connectivity index (χ4v) is 2.45. The monoisotopic (exact) mass is 368 g/mol. The van der Waals surface area contributed by atoms with Gasteiger partial charge in [0.15, 0.2) is 0 Å². The Balaban J connectivity index is 2.23. The Morgan fingerprint density at radius 3 is 2.50 bits per heavy atom. The Hall–Kier alpha value is -2.97. The topological polar surface area (TPSA) is 93.7 Å². The van der Waals surface area contributed by atoms with Crippen LogP contribution >= 0.6 is 0 Å². The van der Waals surface area contributed by atoms with Gasteiger partial charge in [-0.3, -0.25) is 0 Å². The zero-order valence-electron chi connectivity index (χ0n) is 14.2. The molecule has 1 aliphatic rings. The number of halogens is 2. The Bertz CT molecular complexity index is 764. The fraction of sp³-hybridized carbons (Fsp3) is 0.353. The van der Waals surface area contributed by atoms with E-state index in [1.165, 1.54) is 0 Å². The van der Waals surface area contributed by atoms with Gasteiger partial charge in [-0.2, -0.15) is 0 Å². The van der Waals surface area contributed by atoms with Crippen molar-refractivity contribution in [2.75, 3.05) is 13.2 Å². The highest BCUT2D eigenvalue weighted by molar-refractivity contribution is 5.95. The summed E-state index contributed by atoms with van der Waals surface area (Å²) in [5.74, 6) is -3.62. The summed E-state index contributed by atoms with van der Waals surface area (Å²) in [6, 6.07) is 1.24. The van der Waals surface area contributed by atoms with E-state index in [0.717, 1.165) is 12.1 Å². The largest absolute Gasteiger partial charge is 0.463 e. The predicted octanol–water partition coefficient (Wildman–Crippen LogP) is 2.03. The summed E-state index contributed by atoms with van der Waals surface area (Å²) >= 11 is 0. The van der Waals surface area contributed by atoms with Gasteiger partial charge >= 0.3 is 18.0 Å². The van der Waals surface area contributed by atoms with Crippen LogP contribution in [0.5, 0.6) is 0 Å². The van der Waals surface area contributed by atoms with E-state index in [0.29, 0.717) is 12.5 Å². The van der Waals surface area contributed by atoms with Crippen molar-refractivity contribution in [3.05, 3.63) is 46.7 Å². The Morgan fingerprint density at radius 2 is 1.88 bits per heavy atom. The van der Waals surface area contributed by atoms with Crippen molar-refractivity contribution < 1.29 is 32.6 Å². The first-order valence-electron chi connectivity index (χ1n) is 7.97. The fourth-order valence-electron chi connectivity index (χ4n) is 2.45. The Kier molecular flexibility index (Phi) is 6.26. The molecule has 1 aliphatic heterocycles. The maximum atomic E-state index is 13.6. The molecule has 0 saturated heterocycles. The number of nitrogens with one attached hydrogen (secondary N) is 2. The molecule has 1 heterocycles. The third-order valence-corrected chi connectivity index (χ3v) is 3.65. The number of amides is 2. The standard InChI is InChI=1S/C17H18F2N2O5/c1-3-12-14(16(23)25-4-2)13(21-17(24)20-12)8-26-15(22)10-6-5-9(18)7-11(10)19/h5-7,12H,3-4,8H2,1-2H3,(H2,20,21,24)/t12-/m1/s1. The lowest BCUT2D eigenvalue weighted by Crippen LogP contribution is -2.51. The van der Waals surface area contributed by atoms with Crippen LogP contribution in [0.15, 0.2) is 29.5 Å². The molecule has 0 spiro atoms. The normalized spacial score (nSPS) is 16.6. The van der Waals surface area contributed by atoms with Crippen molar-refractivity contribution in [1.82, 2.24) is 10.6 Å². The molecule has 0 unspecified atom stereocenters. The number of esters is 2. The van der Waals surface area contributed by atoms with Crippen molar-refractivity contribution in [3.63, 3.8) is 0 Å². The van der Waals surface area contributed by atoms with Crippen molar-refractivity contribution in [1.29, 1.82) is 0 Å². The van der Waals surface area contributed by atoms with E-state index in [2.05, 4.69) is 10.6 Å². The number of ether oxygens (including phenoxy) is 2. The van der Waals surface area contributed by atoms with Crippen LogP contribution in [0.25, 0.3) is 0 Å². The van der Waals surface area contributed by atoms with Crippen LogP contribution < -0.4 is 10.6 Å². The number of hydrogen-bond acceptors (Lipinski definition) is 5. The molecule has 2 N–H and O–H groups in total. The minimum Gasteiger partial charge on any atom is -0.463 e. The number of benzene rings is 1. The second-order valence-electron chi connectivity index (χ2n) is 5.37. The average Bonchev–Trinajstić information content (AvgIpc) is 2.59. The molecule has 0 radical (unpaired) electrons. The number of urea groups is 1. The highest BCUT2D eigenvalue weighted by atomic mass is 19.1. The van der Waals surface area contributed by atoms with Gasteiger partial charge in [-0.05, 0) is 25.5 Å². The van der Waals surface area contributed by atoms with Crippen LogP contribution in [-0.2, 0) is 14.3 Å². The minimum atomic E-state index is -1.07. The molecule has 0 bridgehead atoms. The van der Waals surface area contributed by atoms with E-state index in [1.54, 1.807) is 13.8 Å². The second kappa shape index (κ2) is 8.41. The highest BCUT2D eigenvalue weighted by Crippen LogP contribution is 2.18. The van der Waals surface area contributed by atoms with Crippen molar-refractivity contribution in [3.8, 4) is 0 Å². The molecule has 0 saturated carbocycles.